The molecule has 106 valence electrons. The first-order valence-electron chi connectivity index (χ1n) is 7.48. The van der Waals surface area contributed by atoms with Crippen LogP contribution in [0, 0.1) is 11.8 Å². The van der Waals surface area contributed by atoms with Gasteiger partial charge in [-0.05, 0) is 48.6 Å². The lowest BCUT2D eigenvalue weighted by Gasteiger charge is -2.16. The normalized spacial score (nSPS) is 22.5. The Hall–Kier alpha value is -1.12. The standard InChI is InChI=1S/C17H21ClN2/c1-12-4-2-5-13(12)10-19-11-14-7-8-16(18)15-6-3-9-20-17(14)15/h3,6-9,12-13,19H,2,4-5,10-11H2,1H3. The molecule has 1 N–H and O–H groups in total. The molecule has 0 bridgehead atoms. The second-order valence-electron chi connectivity index (χ2n) is 5.91. The van der Waals surface area contributed by atoms with Gasteiger partial charge in [0, 0.05) is 23.2 Å². The second-order valence-corrected chi connectivity index (χ2v) is 6.31. The van der Waals surface area contributed by atoms with Crippen molar-refractivity contribution in [2.24, 2.45) is 11.8 Å². The molecule has 1 aliphatic carbocycles. The molecule has 1 heterocycles. The Morgan fingerprint density at radius 2 is 2.20 bits per heavy atom. The minimum Gasteiger partial charge on any atom is -0.312 e. The summed E-state index contributed by atoms with van der Waals surface area (Å²) >= 11 is 6.23. The summed E-state index contributed by atoms with van der Waals surface area (Å²) in [5, 5.41) is 5.43. The SMILES string of the molecule is CC1CCCC1CNCc1ccc(Cl)c2cccnc12. The maximum Gasteiger partial charge on any atom is 0.0761 e. The molecule has 0 spiro atoms. The van der Waals surface area contributed by atoms with Crippen LogP contribution in [-0.4, -0.2) is 11.5 Å². The monoisotopic (exact) mass is 288 g/mol. The highest BCUT2D eigenvalue weighted by Crippen LogP contribution is 2.30. The predicted molar refractivity (Wildman–Crippen MR) is 85.0 cm³/mol. The molecule has 2 atom stereocenters. The summed E-state index contributed by atoms with van der Waals surface area (Å²) < 4.78 is 0. The zero-order valence-corrected chi connectivity index (χ0v) is 12.7. The van der Waals surface area contributed by atoms with Crippen molar-refractivity contribution in [3.63, 3.8) is 0 Å². The third-order valence-corrected chi connectivity index (χ3v) is 4.89. The molecule has 3 heteroatoms. The molecule has 20 heavy (non-hydrogen) atoms. The van der Waals surface area contributed by atoms with Gasteiger partial charge in [-0.15, -0.1) is 0 Å². The molecule has 0 saturated heterocycles. The van der Waals surface area contributed by atoms with Gasteiger partial charge in [0.2, 0.25) is 0 Å². The first-order valence-corrected chi connectivity index (χ1v) is 7.86. The molecular formula is C17H21ClN2. The maximum absolute atomic E-state index is 6.23. The summed E-state index contributed by atoms with van der Waals surface area (Å²) in [5.41, 5.74) is 2.25. The van der Waals surface area contributed by atoms with Crippen molar-refractivity contribution in [3.8, 4) is 0 Å². The summed E-state index contributed by atoms with van der Waals surface area (Å²) in [5.74, 6) is 1.70. The van der Waals surface area contributed by atoms with Gasteiger partial charge in [0.25, 0.3) is 0 Å². The smallest absolute Gasteiger partial charge is 0.0761 e. The number of aromatic nitrogens is 1. The van der Waals surface area contributed by atoms with Gasteiger partial charge in [-0.2, -0.15) is 0 Å². The van der Waals surface area contributed by atoms with Crippen molar-refractivity contribution >= 4 is 22.5 Å². The minimum atomic E-state index is 0.779. The van der Waals surface area contributed by atoms with Crippen LogP contribution in [0.15, 0.2) is 30.5 Å². The van der Waals surface area contributed by atoms with E-state index in [2.05, 4.69) is 23.3 Å². The van der Waals surface area contributed by atoms with Crippen molar-refractivity contribution < 1.29 is 0 Å². The molecule has 2 unspecified atom stereocenters. The van der Waals surface area contributed by atoms with E-state index in [1.54, 1.807) is 0 Å². The number of halogens is 1. The number of hydrogen-bond donors (Lipinski definition) is 1. The largest absolute Gasteiger partial charge is 0.312 e. The highest BCUT2D eigenvalue weighted by molar-refractivity contribution is 6.35. The second kappa shape index (κ2) is 6.11. The number of benzene rings is 1. The van der Waals surface area contributed by atoms with E-state index in [0.717, 1.165) is 40.9 Å². The number of hydrogen-bond acceptors (Lipinski definition) is 2. The lowest BCUT2D eigenvalue weighted by atomic mass is 9.98. The molecule has 1 aromatic carbocycles. The molecule has 1 fully saturated rings. The number of nitrogens with one attached hydrogen (secondary N) is 1. The third kappa shape index (κ3) is 2.82. The minimum absolute atomic E-state index is 0.779. The summed E-state index contributed by atoms with van der Waals surface area (Å²) in [6.45, 7) is 4.35. The van der Waals surface area contributed by atoms with Gasteiger partial charge in [0.05, 0.1) is 5.52 Å². The maximum atomic E-state index is 6.23. The zero-order chi connectivity index (χ0) is 13.9. The van der Waals surface area contributed by atoms with E-state index >= 15 is 0 Å². The van der Waals surface area contributed by atoms with Crippen LogP contribution in [0.5, 0.6) is 0 Å². The zero-order valence-electron chi connectivity index (χ0n) is 11.9. The lowest BCUT2D eigenvalue weighted by molar-refractivity contribution is 0.392. The van der Waals surface area contributed by atoms with Gasteiger partial charge in [-0.25, -0.2) is 0 Å². The van der Waals surface area contributed by atoms with Crippen LogP contribution >= 0.6 is 11.6 Å². The highest BCUT2D eigenvalue weighted by atomic mass is 35.5. The summed E-state index contributed by atoms with van der Waals surface area (Å²) in [6, 6.07) is 8.03. The molecule has 1 aliphatic rings. The molecule has 3 rings (SSSR count). The Morgan fingerprint density at radius 3 is 3.00 bits per heavy atom. The Balaban J connectivity index is 1.70. The van der Waals surface area contributed by atoms with E-state index in [9.17, 15) is 0 Å². The van der Waals surface area contributed by atoms with Crippen LogP contribution in [0.2, 0.25) is 5.02 Å². The Bertz CT molecular complexity index is 597. The van der Waals surface area contributed by atoms with Gasteiger partial charge >= 0.3 is 0 Å². The van der Waals surface area contributed by atoms with Crippen LogP contribution in [0.4, 0.5) is 0 Å². The molecule has 2 nitrogen and oxygen atoms in total. The summed E-state index contributed by atoms with van der Waals surface area (Å²) in [4.78, 5) is 4.48. The molecule has 2 aromatic rings. The first-order chi connectivity index (χ1) is 9.75. The van der Waals surface area contributed by atoms with E-state index in [0.29, 0.717) is 0 Å². The Morgan fingerprint density at radius 1 is 1.30 bits per heavy atom. The van der Waals surface area contributed by atoms with Gasteiger partial charge < -0.3 is 5.32 Å². The topological polar surface area (TPSA) is 24.9 Å². The summed E-state index contributed by atoms with van der Waals surface area (Å²) in [6.07, 6.45) is 5.98. The van der Waals surface area contributed by atoms with E-state index in [4.69, 9.17) is 11.6 Å². The van der Waals surface area contributed by atoms with E-state index in [1.165, 1.54) is 24.8 Å². The van der Waals surface area contributed by atoms with Crippen LogP contribution < -0.4 is 5.32 Å². The van der Waals surface area contributed by atoms with Crippen molar-refractivity contribution in [2.75, 3.05) is 6.54 Å². The molecule has 1 saturated carbocycles. The molecular weight excluding hydrogens is 268 g/mol. The molecule has 0 radical (unpaired) electrons. The van der Waals surface area contributed by atoms with Gasteiger partial charge in [-0.1, -0.05) is 37.4 Å². The average molecular weight is 289 g/mol. The van der Waals surface area contributed by atoms with Crippen LogP contribution in [0.1, 0.15) is 31.7 Å². The fourth-order valence-electron chi connectivity index (χ4n) is 3.26. The lowest BCUT2D eigenvalue weighted by Crippen LogP contribution is -2.24. The van der Waals surface area contributed by atoms with Gasteiger partial charge in [0.1, 0.15) is 0 Å². The average Bonchev–Trinajstić information content (AvgIpc) is 2.87. The quantitative estimate of drug-likeness (QED) is 0.901. The molecule has 0 aliphatic heterocycles. The van der Waals surface area contributed by atoms with Crippen LogP contribution in [0.25, 0.3) is 10.9 Å². The molecule has 0 amide bonds. The van der Waals surface area contributed by atoms with Crippen LogP contribution in [0.3, 0.4) is 0 Å². The van der Waals surface area contributed by atoms with Crippen molar-refractivity contribution in [1.82, 2.24) is 10.3 Å². The fraction of sp³-hybridized carbons (Fsp3) is 0.471. The van der Waals surface area contributed by atoms with E-state index in [1.807, 2.05) is 24.4 Å². The Kier molecular flexibility index (Phi) is 4.23. The number of fused-ring (bicyclic) bond motifs is 1. The Labute approximate surface area is 125 Å². The predicted octanol–water partition coefficient (Wildman–Crippen LogP) is 4.41. The number of rotatable bonds is 4. The van der Waals surface area contributed by atoms with Crippen LogP contribution in [-0.2, 0) is 6.54 Å². The van der Waals surface area contributed by atoms with Gasteiger partial charge in [-0.3, -0.25) is 4.98 Å². The number of pyridine rings is 1. The van der Waals surface area contributed by atoms with E-state index in [-0.39, 0.29) is 0 Å². The highest BCUT2D eigenvalue weighted by Gasteiger charge is 2.22. The van der Waals surface area contributed by atoms with Crippen molar-refractivity contribution in [2.45, 2.75) is 32.7 Å². The van der Waals surface area contributed by atoms with Crippen molar-refractivity contribution in [1.29, 1.82) is 0 Å². The molecule has 1 aromatic heterocycles. The fourth-order valence-corrected chi connectivity index (χ4v) is 3.47. The number of nitrogens with zero attached hydrogens (tertiary/aromatic N) is 1. The van der Waals surface area contributed by atoms with E-state index < -0.39 is 0 Å². The third-order valence-electron chi connectivity index (χ3n) is 4.56. The van der Waals surface area contributed by atoms with Crippen molar-refractivity contribution in [3.05, 3.63) is 41.0 Å². The first kappa shape index (κ1) is 13.8. The summed E-state index contributed by atoms with van der Waals surface area (Å²) in [7, 11) is 0. The van der Waals surface area contributed by atoms with Gasteiger partial charge in [0.15, 0.2) is 0 Å².